The summed E-state index contributed by atoms with van der Waals surface area (Å²) in [5.41, 5.74) is 0. The van der Waals surface area contributed by atoms with Gasteiger partial charge in [-0.1, -0.05) is 0 Å². The van der Waals surface area contributed by atoms with E-state index in [1.807, 2.05) is 6.92 Å². The molecule has 0 aromatic carbocycles. The molecule has 0 spiro atoms. The van der Waals surface area contributed by atoms with Gasteiger partial charge < -0.3 is 0 Å². The molecule has 0 unspecified atom stereocenters. The zero-order valence-corrected chi connectivity index (χ0v) is 9.92. The normalized spacial score (nSPS) is 13.5. The Kier molecular flexibility index (Phi) is 4.45. The molecular formula is C7H15ClGeO. The van der Waals surface area contributed by atoms with Crippen molar-refractivity contribution in [3.05, 3.63) is 10.1 Å². The molecule has 0 aromatic heterocycles. The summed E-state index contributed by atoms with van der Waals surface area (Å²) in [5, 5.41) is 0.579. The van der Waals surface area contributed by atoms with Crippen LogP contribution in [0.4, 0.5) is 0 Å². The fourth-order valence-electron chi connectivity index (χ4n) is 0.520. The molecule has 0 bridgehead atoms. The quantitative estimate of drug-likeness (QED) is 0.528. The second kappa shape index (κ2) is 4.29. The predicted molar refractivity (Wildman–Crippen MR) is 48.9 cm³/mol. The van der Waals surface area contributed by atoms with Crippen LogP contribution in [-0.4, -0.2) is 19.9 Å². The molecule has 0 radical (unpaired) electrons. The van der Waals surface area contributed by atoms with Crippen LogP contribution in [0.1, 0.15) is 6.92 Å². The minimum atomic E-state index is -1.62. The van der Waals surface area contributed by atoms with Gasteiger partial charge in [0.1, 0.15) is 0 Å². The van der Waals surface area contributed by atoms with Crippen molar-refractivity contribution in [1.29, 1.82) is 0 Å². The summed E-state index contributed by atoms with van der Waals surface area (Å²) in [4.78, 5) is 2.09. The molecule has 0 aliphatic rings. The number of hydrogen-bond donors (Lipinski definition) is 0. The second-order valence-corrected chi connectivity index (χ2v) is 14.2. The molecule has 0 N–H and O–H groups in total. The summed E-state index contributed by atoms with van der Waals surface area (Å²) in [6.45, 7) is 2.60. The van der Waals surface area contributed by atoms with E-state index in [0.717, 1.165) is 0 Å². The zero-order chi connectivity index (χ0) is 8.20. The van der Waals surface area contributed by atoms with Crippen molar-refractivity contribution in [1.82, 2.24) is 0 Å². The average molecular weight is 223 g/mol. The third kappa shape index (κ3) is 6.49. The van der Waals surface area contributed by atoms with E-state index >= 15 is 0 Å². The van der Waals surface area contributed by atoms with Gasteiger partial charge in [-0.15, -0.1) is 0 Å². The van der Waals surface area contributed by atoms with E-state index in [0.29, 0.717) is 11.8 Å². The maximum absolute atomic E-state index is 5.75. The van der Waals surface area contributed by atoms with E-state index in [4.69, 9.17) is 16.3 Å². The van der Waals surface area contributed by atoms with Crippen molar-refractivity contribution in [2.24, 2.45) is 0 Å². The molecule has 0 saturated heterocycles. The van der Waals surface area contributed by atoms with Gasteiger partial charge in [0, 0.05) is 0 Å². The summed E-state index contributed by atoms with van der Waals surface area (Å²) in [7, 11) is 0. The molecule has 0 saturated carbocycles. The molecule has 0 rings (SSSR count). The summed E-state index contributed by atoms with van der Waals surface area (Å²) in [6.07, 6.45) is 0. The third-order valence-electron chi connectivity index (χ3n) is 0.829. The molecule has 0 aliphatic carbocycles. The first-order chi connectivity index (χ1) is 4.45. The molecule has 0 fully saturated rings. The molecule has 0 atom stereocenters. The molecule has 3 heteroatoms. The van der Waals surface area contributed by atoms with E-state index in [1.165, 1.54) is 0 Å². The molecular weight excluding hydrogens is 208 g/mol. The number of rotatable bonds is 3. The molecule has 0 aromatic rings. The van der Waals surface area contributed by atoms with E-state index in [1.54, 1.807) is 0 Å². The molecule has 10 heavy (non-hydrogen) atoms. The third-order valence-corrected chi connectivity index (χ3v) is 3.80. The Hall–Kier alpha value is 0.373. The average Bonchev–Trinajstić information content (AvgIpc) is 1.59. The first kappa shape index (κ1) is 10.4. The van der Waals surface area contributed by atoms with Gasteiger partial charge in [-0.05, 0) is 0 Å². The van der Waals surface area contributed by atoms with Gasteiger partial charge in [0.15, 0.2) is 0 Å². The molecule has 0 heterocycles. The van der Waals surface area contributed by atoms with Crippen LogP contribution >= 0.6 is 11.6 Å². The van der Waals surface area contributed by atoms with Crippen LogP contribution in [0.25, 0.3) is 0 Å². The van der Waals surface area contributed by atoms with Gasteiger partial charge in [-0.2, -0.15) is 0 Å². The molecule has 0 aliphatic heterocycles. The van der Waals surface area contributed by atoms with Crippen molar-refractivity contribution in [2.45, 2.75) is 24.2 Å². The minimum absolute atomic E-state index is 0.579. The summed E-state index contributed by atoms with van der Waals surface area (Å²) in [6, 6.07) is 0. The van der Waals surface area contributed by atoms with E-state index in [2.05, 4.69) is 22.2 Å². The van der Waals surface area contributed by atoms with Gasteiger partial charge in [0.05, 0.1) is 0 Å². The number of hydrogen-bond acceptors (Lipinski definition) is 1. The number of ether oxygens (including phenoxy) is 1. The van der Waals surface area contributed by atoms with Crippen molar-refractivity contribution < 1.29 is 4.74 Å². The van der Waals surface area contributed by atoms with Crippen LogP contribution in [0.3, 0.4) is 0 Å². The Labute approximate surface area is 70.8 Å². The molecule has 0 amide bonds. The van der Waals surface area contributed by atoms with Crippen molar-refractivity contribution in [3.63, 3.8) is 0 Å². The van der Waals surface area contributed by atoms with Gasteiger partial charge in [0.2, 0.25) is 0 Å². The molecule has 60 valence electrons. The SMILES string of the molecule is CCO/C(Cl)=[CH]/[Ge]([CH3])([CH3])[CH3]. The maximum atomic E-state index is 5.75. The van der Waals surface area contributed by atoms with Crippen LogP contribution < -0.4 is 0 Å². The molecule has 1 nitrogen and oxygen atoms in total. The van der Waals surface area contributed by atoms with Crippen LogP contribution in [0.2, 0.25) is 17.3 Å². The van der Waals surface area contributed by atoms with Crippen LogP contribution in [-0.2, 0) is 4.74 Å². The van der Waals surface area contributed by atoms with E-state index in [-0.39, 0.29) is 0 Å². The Morgan fingerprint density at radius 3 is 2.30 bits per heavy atom. The van der Waals surface area contributed by atoms with Gasteiger partial charge >= 0.3 is 70.5 Å². The standard InChI is InChI=1S/C7H15ClGeO/c1-5-10-7(8)6-9(2,3)4/h6H,5H2,1-4H3/b7-6+. The van der Waals surface area contributed by atoms with Crippen LogP contribution in [0.15, 0.2) is 10.1 Å². The first-order valence-electron chi connectivity index (χ1n) is 3.47. The summed E-state index contributed by atoms with van der Waals surface area (Å²) in [5.74, 6) is 6.80. The van der Waals surface area contributed by atoms with Gasteiger partial charge in [0.25, 0.3) is 0 Å². The number of halogens is 1. The second-order valence-electron chi connectivity index (χ2n) is 3.25. The fraction of sp³-hybridized carbons (Fsp3) is 0.714. The van der Waals surface area contributed by atoms with Crippen molar-refractivity contribution in [2.75, 3.05) is 6.61 Å². The van der Waals surface area contributed by atoms with Crippen molar-refractivity contribution in [3.8, 4) is 0 Å². The topological polar surface area (TPSA) is 9.23 Å². The Morgan fingerprint density at radius 1 is 1.50 bits per heavy atom. The Balaban J connectivity index is 3.90. The van der Waals surface area contributed by atoms with Gasteiger partial charge in [-0.3, -0.25) is 0 Å². The van der Waals surface area contributed by atoms with Crippen LogP contribution in [0, 0.1) is 0 Å². The van der Waals surface area contributed by atoms with E-state index in [9.17, 15) is 0 Å². The van der Waals surface area contributed by atoms with E-state index < -0.39 is 13.3 Å². The fourth-order valence-corrected chi connectivity index (χ4v) is 3.93. The predicted octanol–water partition coefficient (Wildman–Crippen LogP) is 2.98. The first-order valence-corrected chi connectivity index (χ1v) is 11.3. The van der Waals surface area contributed by atoms with Gasteiger partial charge in [-0.25, -0.2) is 0 Å². The Bertz CT molecular complexity index is 126. The Morgan fingerprint density at radius 2 is 2.00 bits per heavy atom. The monoisotopic (exact) mass is 224 g/mol. The van der Waals surface area contributed by atoms with Crippen molar-refractivity contribution >= 4 is 24.9 Å². The van der Waals surface area contributed by atoms with Crippen LogP contribution in [0.5, 0.6) is 0 Å². The zero-order valence-electron chi connectivity index (χ0n) is 7.07. The summed E-state index contributed by atoms with van der Waals surface area (Å²) < 4.78 is 5.09. The summed E-state index contributed by atoms with van der Waals surface area (Å²) >= 11 is 4.13.